The number of aromatic nitrogens is 1. The van der Waals surface area contributed by atoms with Crippen LogP contribution in [0.4, 0.5) is 0 Å². The molecule has 0 saturated carbocycles. The van der Waals surface area contributed by atoms with Gasteiger partial charge in [0.1, 0.15) is 0 Å². The minimum atomic E-state index is 0.248. The molecule has 0 atom stereocenters. The lowest BCUT2D eigenvalue weighted by molar-refractivity contribution is 0.112. The quantitative estimate of drug-likeness (QED) is 0.760. The van der Waals surface area contributed by atoms with Crippen molar-refractivity contribution in [2.75, 3.05) is 0 Å². The third-order valence-electron chi connectivity index (χ3n) is 2.25. The van der Waals surface area contributed by atoms with Crippen LogP contribution in [0.15, 0.2) is 30.5 Å². The topological polar surface area (TPSA) is 30.0 Å². The predicted molar refractivity (Wildman–Crippen MR) is 70.1 cm³/mol. The molecule has 0 spiro atoms. The zero-order valence-corrected chi connectivity index (χ0v) is 10.7. The summed E-state index contributed by atoms with van der Waals surface area (Å²) in [5.74, 6) is 0. The van der Waals surface area contributed by atoms with Crippen molar-refractivity contribution in [3.63, 3.8) is 0 Å². The summed E-state index contributed by atoms with van der Waals surface area (Å²) >= 11 is 18.2. The van der Waals surface area contributed by atoms with Crippen LogP contribution in [-0.4, -0.2) is 11.3 Å². The molecule has 0 aliphatic carbocycles. The Kier molecular flexibility index (Phi) is 3.67. The highest BCUT2D eigenvalue weighted by molar-refractivity contribution is 6.41. The van der Waals surface area contributed by atoms with E-state index in [1.54, 1.807) is 18.2 Å². The minimum absolute atomic E-state index is 0.248. The molecule has 0 radical (unpaired) electrons. The third kappa shape index (κ3) is 2.29. The number of hydrogen-bond donors (Lipinski definition) is 0. The van der Waals surface area contributed by atoms with Gasteiger partial charge in [0, 0.05) is 17.3 Å². The smallest absolute Gasteiger partial charge is 0.151 e. The standard InChI is InChI=1S/C12H6Cl3NO/c13-8-2-1-3-9(14)10(8)12-11(15)7(6-17)4-5-16-12/h1-6H. The summed E-state index contributed by atoms with van der Waals surface area (Å²) in [6, 6.07) is 6.64. The molecule has 0 aliphatic rings. The van der Waals surface area contributed by atoms with E-state index < -0.39 is 0 Å². The van der Waals surface area contributed by atoms with Gasteiger partial charge in [0.05, 0.1) is 20.8 Å². The molecule has 86 valence electrons. The summed E-state index contributed by atoms with van der Waals surface area (Å²) in [5, 5.41) is 1.13. The molecule has 0 amide bonds. The largest absolute Gasteiger partial charge is 0.298 e. The first-order valence-electron chi connectivity index (χ1n) is 4.69. The van der Waals surface area contributed by atoms with E-state index in [9.17, 15) is 4.79 Å². The van der Waals surface area contributed by atoms with Gasteiger partial charge in [-0.05, 0) is 18.2 Å². The summed E-state index contributed by atoms with van der Waals surface area (Å²) in [6.07, 6.45) is 2.16. The van der Waals surface area contributed by atoms with Crippen LogP contribution in [0.3, 0.4) is 0 Å². The van der Waals surface area contributed by atoms with Crippen LogP contribution in [-0.2, 0) is 0 Å². The Labute approximate surface area is 113 Å². The second kappa shape index (κ2) is 5.05. The molecule has 0 fully saturated rings. The van der Waals surface area contributed by atoms with Gasteiger partial charge in [-0.1, -0.05) is 40.9 Å². The van der Waals surface area contributed by atoms with Crippen molar-refractivity contribution in [1.82, 2.24) is 4.98 Å². The van der Waals surface area contributed by atoms with Crippen molar-refractivity contribution in [3.8, 4) is 11.3 Å². The normalized spacial score (nSPS) is 10.3. The van der Waals surface area contributed by atoms with Crippen LogP contribution in [0.5, 0.6) is 0 Å². The van der Waals surface area contributed by atoms with Crippen LogP contribution in [0.25, 0.3) is 11.3 Å². The van der Waals surface area contributed by atoms with E-state index in [1.165, 1.54) is 12.3 Å². The molecule has 5 heteroatoms. The second-order valence-corrected chi connectivity index (χ2v) is 4.47. The van der Waals surface area contributed by atoms with Crippen LogP contribution in [0, 0.1) is 0 Å². The molecular weight excluding hydrogens is 280 g/mol. The Hall–Kier alpha value is -1.09. The van der Waals surface area contributed by atoms with Crippen molar-refractivity contribution >= 4 is 41.1 Å². The summed E-state index contributed by atoms with van der Waals surface area (Å²) in [4.78, 5) is 14.9. The molecule has 0 unspecified atom stereocenters. The van der Waals surface area contributed by atoms with Gasteiger partial charge in [-0.15, -0.1) is 0 Å². The number of benzene rings is 1. The minimum Gasteiger partial charge on any atom is -0.298 e. The molecule has 0 bridgehead atoms. The molecule has 1 aromatic heterocycles. The highest BCUT2D eigenvalue weighted by atomic mass is 35.5. The fraction of sp³-hybridized carbons (Fsp3) is 0. The molecule has 1 aromatic carbocycles. The number of halogens is 3. The lowest BCUT2D eigenvalue weighted by Gasteiger charge is -2.08. The van der Waals surface area contributed by atoms with Gasteiger partial charge in [-0.2, -0.15) is 0 Å². The Morgan fingerprint density at radius 1 is 1.06 bits per heavy atom. The number of nitrogens with zero attached hydrogens (tertiary/aromatic N) is 1. The van der Waals surface area contributed by atoms with E-state index in [4.69, 9.17) is 34.8 Å². The van der Waals surface area contributed by atoms with Crippen LogP contribution < -0.4 is 0 Å². The zero-order chi connectivity index (χ0) is 12.4. The SMILES string of the molecule is O=Cc1ccnc(-c2c(Cl)cccc2Cl)c1Cl. The number of carbonyl (C=O) groups is 1. The number of carbonyl (C=O) groups excluding carboxylic acids is 1. The number of aldehydes is 1. The fourth-order valence-electron chi connectivity index (χ4n) is 1.45. The Bertz CT molecular complexity index is 564. The van der Waals surface area contributed by atoms with Crippen molar-refractivity contribution < 1.29 is 4.79 Å². The Balaban J connectivity index is 2.73. The van der Waals surface area contributed by atoms with Gasteiger partial charge in [-0.25, -0.2) is 0 Å². The van der Waals surface area contributed by atoms with E-state index >= 15 is 0 Å². The summed E-state index contributed by atoms with van der Waals surface area (Å²) < 4.78 is 0. The molecule has 0 N–H and O–H groups in total. The zero-order valence-electron chi connectivity index (χ0n) is 8.45. The second-order valence-electron chi connectivity index (χ2n) is 3.28. The Morgan fingerprint density at radius 2 is 1.71 bits per heavy atom. The molecule has 2 aromatic rings. The molecule has 0 aliphatic heterocycles. The first kappa shape index (κ1) is 12.4. The molecule has 17 heavy (non-hydrogen) atoms. The lowest BCUT2D eigenvalue weighted by Crippen LogP contribution is -1.91. The highest BCUT2D eigenvalue weighted by Crippen LogP contribution is 2.37. The number of hydrogen-bond acceptors (Lipinski definition) is 2. The maximum Gasteiger partial charge on any atom is 0.151 e. The average Bonchev–Trinajstić information content (AvgIpc) is 2.31. The van der Waals surface area contributed by atoms with Gasteiger partial charge in [0.25, 0.3) is 0 Å². The van der Waals surface area contributed by atoms with Gasteiger partial charge in [-0.3, -0.25) is 9.78 Å². The summed E-state index contributed by atoms with van der Waals surface area (Å²) in [6.45, 7) is 0. The van der Waals surface area contributed by atoms with Gasteiger partial charge in [0.2, 0.25) is 0 Å². The van der Waals surface area contributed by atoms with Crippen molar-refractivity contribution in [3.05, 3.63) is 51.1 Å². The number of pyridine rings is 1. The highest BCUT2D eigenvalue weighted by Gasteiger charge is 2.15. The summed E-state index contributed by atoms with van der Waals surface area (Å²) in [5.41, 5.74) is 1.30. The first-order valence-corrected chi connectivity index (χ1v) is 5.82. The van der Waals surface area contributed by atoms with E-state index in [-0.39, 0.29) is 5.02 Å². The van der Waals surface area contributed by atoms with E-state index in [0.717, 1.165) is 0 Å². The van der Waals surface area contributed by atoms with E-state index in [0.29, 0.717) is 33.2 Å². The van der Waals surface area contributed by atoms with Crippen molar-refractivity contribution in [1.29, 1.82) is 0 Å². The average molecular weight is 287 g/mol. The predicted octanol–water partition coefficient (Wildman–Crippen LogP) is 4.52. The van der Waals surface area contributed by atoms with Crippen molar-refractivity contribution in [2.45, 2.75) is 0 Å². The fourth-order valence-corrected chi connectivity index (χ4v) is 2.28. The van der Waals surface area contributed by atoms with Gasteiger partial charge >= 0.3 is 0 Å². The van der Waals surface area contributed by atoms with Crippen LogP contribution >= 0.6 is 34.8 Å². The van der Waals surface area contributed by atoms with Crippen LogP contribution in [0.2, 0.25) is 15.1 Å². The lowest BCUT2D eigenvalue weighted by atomic mass is 10.1. The first-order chi connectivity index (χ1) is 8.15. The molecule has 2 rings (SSSR count). The maximum atomic E-state index is 10.8. The van der Waals surface area contributed by atoms with E-state index in [2.05, 4.69) is 4.98 Å². The Morgan fingerprint density at radius 3 is 2.29 bits per heavy atom. The van der Waals surface area contributed by atoms with Gasteiger partial charge < -0.3 is 0 Å². The molecule has 1 heterocycles. The maximum absolute atomic E-state index is 10.8. The van der Waals surface area contributed by atoms with Crippen molar-refractivity contribution in [2.24, 2.45) is 0 Å². The van der Waals surface area contributed by atoms with E-state index in [1.807, 2.05) is 0 Å². The molecule has 2 nitrogen and oxygen atoms in total. The van der Waals surface area contributed by atoms with Crippen LogP contribution in [0.1, 0.15) is 10.4 Å². The number of rotatable bonds is 2. The molecule has 0 saturated heterocycles. The monoisotopic (exact) mass is 285 g/mol. The molecular formula is C12H6Cl3NO. The third-order valence-corrected chi connectivity index (χ3v) is 3.27. The summed E-state index contributed by atoms with van der Waals surface area (Å²) in [7, 11) is 0. The van der Waals surface area contributed by atoms with Gasteiger partial charge in [0.15, 0.2) is 6.29 Å².